The van der Waals surface area contributed by atoms with E-state index in [-0.39, 0.29) is 5.91 Å². The number of carbonyl (C=O) groups is 1. The summed E-state index contributed by atoms with van der Waals surface area (Å²) < 4.78 is 0. The molecule has 6 heteroatoms. The van der Waals surface area contributed by atoms with Crippen LogP contribution in [-0.4, -0.2) is 10.9 Å². The molecule has 0 bridgehead atoms. The summed E-state index contributed by atoms with van der Waals surface area (Å²) in [6, 6.07) is 5.33. The van der Waals surface area contributed by atoms with Crippen molar-refractivity contribution in [3.63, 3.8) is 0 Å². The van der Waals surface area contributed by atoms with E-state index in [0.717, 1.165) is 21.1 Å². The van der Waals surface area contributed by atoms with Gasteiger partial charge in [0.25, 0.3) is 5.91 Å². The van der Waals surface area contributed by atoms with Gasteiger partial charge in [-0.15, -0.1) is 11.3 Å². The monoisotopic (exact) mass is 276 g/mol. The highest BCUT2D eigenvalue weighted by molar-refractivity contribution is 7.11. The van der Waals surface area contributed by atoms with E-state index in [1.54, 1.807) is 35.7 Å². The fourth-order valence-corrected chi connectivity index (χ4v) is 2.43. The zero-order chi connectivity index (χ0) is 13.8. The summed E-state index contributed by atoms with van der Waals surface area (Å²) in [4.78, 5) is 17.3. The van der Waals surface area contributed by atoms with Crippen LogP contribution in [0.2, 0.25) is 0 Å². The van der Waals surface area contributed by atoms with E-state index in [0.29, 0.717) is 12.1 Å². The SMILES string of the molecule is Cc1cnc(CNC(=O)c2ccc(NN)c(C)c2)s1. The van der Waals surface area contributed by atoms with Gasteiger partial charge in [0, 0.05) is 16.6 Å². The molecule has 0 fully saturated rings. The lowest BCUT2D eigenvalue weighted by atomic mass is 10.1. The number of thiazole rings is 1. The summed E-state index contributed by atoms with van der Waals surface area (Å²) in [7, 11) is 0. The zero-order valence-electron chi connectivity index (χ0n) is 10.9. The minimum atomic E-state index is -0.112. The molecule has 0 radical (unpaired) electrons. The van der Waals surface area contributed by atoms with Crippen LogP contribution in [0.3, 0.4) is 0 Å². The molecular formula is C13H16N4OS. The third-order valence-electron chi connectivity index (χ3n) is 2.71. The number of anilines is 1. The third kappa shape index (κ3) is 3.30. The van der Waals surface area contributed by atoms with Crippen LogP contribution in [0, 0.1) is 13.8 Å². The van der Waals surface area contributed by atoms with Crippen molar-refractivity contribution in [3.05, 3.63) is 45.4 Å². The Morgan fingerprint density at radius 1 is 1.42 bits per heavy atom. The van der Waals surface area contributed by atoms with E-state index in [1.165, 1.54) is 0 Å². The molecule has 0 aliphatic rings. The molecule has 0 saturated heterocycles. The number of amides is 1. The van der Waals surface area contributed by atoms with Crippen LogP contribution >= 0.6 is 11.3 Å². The number of nitrogens with zero attached hydrogens (tertiary/aromatic N) is 1. The van der Waals surface area contributed by atoms with E-state index in [9.17, 15) is 4.79 Å². The number of hydrazine groups is 1. The highest BCUT2D eigenvalue weighted by Crippen LogP contribution is 2.15. The molecule has 4 N–H and O–H groups in total. The number of aryl methyl sites for hydroxylation is 2. The molecule has 19 heavy (non-hydrogen) atoms. The first kappa shape index (κ1) is 13.5. The Balaban J connectivity index is 2.01. The maximum atomic E-state index is 12.0. The molecular weight excluding hydrogens is 260 g/mol. The van der Waals surface area contributed by atoms with Crippen molar-refractivity contribution < 1.29 is 4.79 Å². The van der Waals surface area contributed by atoms with E-state index >= 15 is 0 Å². The quantitative estimate of drug-likeness (QED) is 0.589. The van der Waals surface area contributed by atoms with Crippen molar-refractivity contribution in [2.24, 2.45) is 5.84 Å². The van der Waals surface area contributed by atoms with E-state index < -0.39 is 0 Å². The van der Waals surface area contributed by atoms with Gasteiger partial charge in [0.15, 0.2) is 0 Å². The molecule has 0 unspecified atom stereocenters. The standard InChI is InChI=1S/C13H16N4OS/c1-8-5-10(3-4-11(8)17-14)13(18)16-7-12-15-6-9(2)19-12/h3-6,17H,7,14H2,1-2H3,(H,16,18). The predicted molar refractivity (Wildman–Crippen MR) is 77.0 cm³/mol. The summed E-state index contributed by atoms with van der Waals surface area (Å²) in [6.45, 7) is 4.34. The van der Waals surface area contributed by atoms with E-state index in [1.807, 2.05) is 13.8 Å². The van der Waals surface area contributed by atoms with Crippen molar-refractivity contribution in [1.82, 2.24) is 10.3 Å². The second-order valence-corrected chi connectivity index (χ2v) is 5.54. The van der Waals surface area contributed by atoms with Gasteiger partial charge in [0.1, 0.15) is 5.01 Å². The number of nitrogen functional groups attached to an aromatic ring is 1. The molecule has 1 amide bonds. The van der Waals surface area contributed by atoms with Crippen molar-refractivity contribution >= 4 is 22.9 Å². The fourth-order valence-electron chi connectivity index (χ4n) is 1.71. The summed E-state index contributed by atoms with van der Waals surface area (Å²) in [5, 5.41) is 3.76. The first-order chi connectivity index (χ1) is 9.10. The largest absolute Gasteiger partial charge is 0.346 e. The minimum Gasteiger partial charge on any atom is -0.346 e. The highest BCUT2D eigenvalue weighted by atomic mass is 32.1. The Kier molecular flexibility index (Phi) is 4.13. The van der Waals surface area contributed by atoms with Gasteiger partial charge in [0.05, 0.1) is 12.2 Å². The van der Waals surface area contributed by atoms with Crippen molar-refractivity contribution in [2.75, 3.05) is 5.43 Å². The van der Waals surface area contributed by atoms with Crippen LogP contribution in [0.15, 0.2) is 24.4 Å². The second kappa shape index (κ2) is 5.81. The van der Waals surface area contributed by atoms with Crippen LogP contribution in [0.1, 0.15) is 25.8 Å². The van der Waals surface area contributed by atoms with Crippen molar-refractivity contribution in [1.29, 1.82) is 0 Å². The third-order valence-corrected chi connectivity index (χ3v) is 3.63. The summed E-state index contributed by atoms with van der Waals surface area (Å²) >= 11 is 1.58. The van der Waals surface area contributed by atoms with Crippen molar-refractivity contribution in [3.8, 4) is 0 Å². The van der Waals surface area contributed by atoms with Crippen molar-refractivity contribution in [2.45, 2.75) is 20.4 Å². The lowest BCUT2D eigenvalue weighted by Gasteiger charge is -2.08. The number of hydrogen-bond acceptors (Lipinski definition) is 5. The summed E-state index contributed by atoms with van der Waals surface area (Å²) in [5.41, 5.74) is 4.94. The van der Waals surface area contributed by atoms with Gasteiger partial charge in [-0.05, 0) is 37.6 Å². The topological polar surface area (TPSA) is 80.0 Å². The molecule has 5 nitrogen and oxygen atoms in total. The maximum Gasteiger partial charge on any atom is 0.251 e. The average molecular weight is 276 g/mol. The molecule has 0 aliphatic carbocycles. The molecule has 1 aromatic carbocycles. The molecule has 0 aliphatic heterocycles. The van der Waals surface area contributed by atoms with Gasteiger partial charge >= 0.3 is 0 Å². The number of nitrogens with two attached hydrogens (primary N) is 1. The summed E-state index contributed by atoms with van der Waals surface area (Å²) in [5.74, 6) is 5.24. The number of rotatable bonds is 4. The normalized spacial score (nSPS) is 10.3. The number of carbonyl (C=O) groups excluding carboxylic acids is 1. The predicted octanol–water partition coefficient (Wildman–Crippen LogP) is 1.98. The second-order valence-electron chi connectivity index (χ2n) is 4.22. The fraction of sp³-hybridized carbons (Fsp3) is 0.231. The Morgan fingerprint density at radius 2 is 2.21 bits per heavy atom. The molecule has 1 aromatic heterocycles. The Labute approximate surface area is 115 Å². The van der Waals surface area contributed by atoms with Crippen LogP contribution in [-0.2, 0) is 6.54 Å². The van der Waals surface area contributed by atoms with Gasteiger partial charge < -0.3 is 10.7 Å². The molecule has 1 heterocycles. The smallest absolute Gasteiger partial charge is 0.251 e. The Bertz CT molecular complexity index is 594. The highest BCUT2D eigenvalue weighted by Gasteiger charge is 2.08. The van der Waals surface area contributed by atoms with E-state index in [2.05, 4.69) is 15.7 Å². The minimum absolute atomic E-state index is 0.112. The van der Waals surface area contributed by atoms with Gasteiger partial charge in [-0.3, -0.25) is 10.6 Å². The number of nitrogens with one attached hydrogen (secondary N) is 2. The zero-order valence-corrected chi connectivity index (χ0v) is 11.7. The Morgan fingerprint density at radius 3 is 2.79 bits per heavy atom. The van der Waals surface area contributed by atoms with Crippen LogP contribution in [0.5, 0.6) is 0 Å². The molecule has 0 saturated carbocycles. The molecule has 0 spiro atoms. The first-order valence-corrected chi connectivity index (χ1v) is 6.68. The number of benzene rings is 1. The average Bonchev–Trinajstić information content (AvgIpc) is 2.81. The van der Waals surface area contributed by atoms with E-state index in [4.69, 9.17) is 5.84 Å². The molecule has 0 atom stereocenters. The van der Waals surface area contributed by atoms with Crippen LogP contribution in [0.4, 0.5) is 5.69 Å². The van der Waals surface area contributed by atoms with Crippen LogP contribution in [0.25, 0.3) is 0 Å². The Hall–Kier alpha value is -1.92. The summed E-state index contributed by atoms with van der Waals surface area (Å²) in [6.07, 6.45) is 1.80. The lowest BCUT2D eigenvalue weighted by molar-refractivity contribution is 0.0951. The van der Waals surface area contributed by atoms with Gasteiger partial charge in [-0.1, -0.05) is 0 Å². The number of hydrogen-bond donors (Lipinski definition) is 3. The molecule has 2 aromatic rings. The molecule has 100 valence electrons. The maximum absolute atomic E-state index is 12.0. The molecule has 2 rings (SSSR count). The van der Waals surface area contributed by atoms with Gasteiger partial charge in [-0.2, -0.15) is 0 Å². The van der Waals surface area contributed by atoms with Gasteiger partial charge in [0.2, 0.25) is 0 Å². The van der Waals surface area contributed by atoms with Crippen LogP contribution < -0.4 is 16.6 Å². The lowest BCUT2D eigenvalue weighted by Crippen LogP contribution is -2.23. The van der Waals surface area contributed by atoms with Gasteiger partial charge in [-0.25, -0.2) is 4.98 Å². The number of aromatic nitrogens is 1. The first-order valence-electron chi connectivity index (χ1n) is 5.87.